The summed E-state index contributed by atoms with van der Waals surface area (Å²) in [6.45, 7) is 1.94. The van der Waals surface area contributed by atoms with Gasteiger partial charge in [-0.3, -0.25) is 4.79 Å². The number of anilines is 1. The van der Waals surface area contributed by atoms with Gasteiger partial charge in [0.15, 0.2) is 5.75 Å². The molecule has 32 heavy (non-hydrogen) atoms. The number of alkyl halides is 3. The predicted octanol–water partition coefficient (Wildman–Crippen LogP) is 6.12. The summed E-state index contributed by atoms with van der Waals surface area (Å²) in [5.41, 5.74) is 5.00. The normalized spacial score (nSPS) is 17.9. The van der Waals surface area contributed by atoms with E-state index in [1.54, 1.807) is 31.2 Å². The predicted molar refractivity (Wildman–Crippen MR) is 116 cm³/mol. The third-order valence-corrected chi connectivity index (χ3v) is 6.49. The van der Waals surface area contributed by atoms with E-state index in [4.69, 9.17) is 15.2 Å². The summed E-state index contributed by atoms with van der Waals surface area (Å²) in [5, 5.41) is 0. The highest BCUT2D eigenvalue weighted by molar-refractivity contribution is 5.89. The zero-order chi connectivity index (χ0) is 22.9. The number of benzene rings is 2. The van der Waals surface area contributed by atoms with Crippen molar-refractivity contribution in [3.63, 3.8) is 0 Å². The smallest absolute Gasteiger partial charge is 0.420 e. The first-order chi connectivity index (χ1) is 15.3. The Labute approximate surface area is 185 Å². The number of halogens is 3. The summed E-state index contributed by atoms with van der Waals surface area (Å²) in [6, 6.07) is 10.4. The topological polar surface area (TPSA) is 61.5 Å². The van der Waals surface area contributed by atoms with E-state index in [0.717, 1.165) is 12.8 Å². The Balaban J connectivity index is 1.99. The van der Waals surface area contributed by atoms with Crippen molar-refractivity contribution in [1.82, 2.24) is 0 Å². The highest BCUT2D eigenvalue weighted by atomic mass is 19.4. The minimum absolute atomic E-state index is 0.0510. The summed E-state index contributed by atoms with van der Waals surface area (Å²) in [5.74, 6) is -0.735. The Kier molecular flexibility index (Phi) is 6.10. The minimum Gasteiger partial charge on any atom is -0.490 e. The number of hydrogen-bond donors (Lipinski definition) is 1. The molecule has 4 rings (SSSR count). The molecule has 0 bridgehead atoms. The molecule has 2 fully saturated rings. The zero-order valence-corrected chi connectivity index (χ0v) is 18.1. The zero-order valence-electron chi connectivity index (χ0n) is 18.1. The van der Waals surface area contributed by atoms with Gasteiger partial charge in [-0.15, -0.1) is 0 Å². The second-order valence-corrected chi connectivity index (χ2v) is 8.72. The second kappa shape index (κ2) is 8.68. The van der Waals surface area contributed by atoms with E-state index >= 15 is 0 Å². The van der Waals surface area contributed by atoms with Crippen LogP contribution in [0.25, 0.3) is 11.1 Å². The average molecular weight is 447 g/mol. The number of nitrogens with two attached hydrogens (primary N) is 1. The van der Waals surface area contributed by atoms with Gasteiger partial charge in [0.05, 0.1) is 24.3 Å². The Morgan fingerprint density at radius 3 is 2.38 bits per heavy atom. The molecule has 0 radical (unpaired) electrons. The van der Waals surface area contributed by atoms with Crippen molar-refractivity contribution in [2.45, 2.75) is 57.0 Å². The molecule has 4 nitrogen and oxygen atoms in total. The SMILES string of the molecule is CCOC(=O)C1(c2cc(-c3ccccc3)c(N)c(OCC3CC3)c2C(F)(F)F)CCCC1. The molecule has 0 amide bonds. The number of rotatable bonds is 7. The summed E-state index contributed by atoms with van der Waals surface area (Å²) in [4.78, 5) is 13.1. The van der Waals surface area contributed by atoms with Crippen LogP contribution in [0.3, 0.4) is 0 Å². The van der Waals surface area contributed by atoms with Crippen LogP contribution in [0.5, 0.6) is 5.75 Å². The molecular weight excluding hydrogens is 419 g/mol. The average Bonchev–Trinajstić information content (AvgIpc) is 3.45. The Morgan fingerprint density at radius 2 is 1.81 bits per heavy atom. The summed E-state index contributed by atoms with van der Waals surface area (Å²) in [7, 11) is 0. The minimum atomic E-state index is -4.74. The maximum Gasteiger partial charge on any atom is 0.420 e. The fraction of sp³-hybridized carbons (Fsp3) is 0.480. The molecule has 2 aromatic carbocycles. The quantitative estimate of drug-likeness (QED) is 0.410. The Bertz CT molecular complexity index is 978. The van der Waals surface area contributed by atoms with Gasteiger partial charge >= 0.3 is 12.1 Å². The molecule has 0 atom stereocenters. The number of ether oxygens (including phenoxy) is 2. The van der Waals surface area contributed by atoms with Crippen LogP contribution < -0.4 is 10.5 Å². The maximum atomic E-state index is 14.5. The molecule has 0 aliphatic heterocycles. The van der Waals surface area contributed by atoms with Gasteiger partial charge < -0.3 is 15.2 Å². The van der Waals surface area contributed by atoms with E-state index in [-0.39, 0.29) is 36.1 Å². The number of carbonyl (C=O) groups excluding carboxylic acids is 1. The molecule has 0 unspecified atom stereocenters. The van der Waals surface area contributed by atoms with Gasteiger partial charge in [0, 0.05) is 5.56 Å². The van der Waals surface area contributed by atoms with Crippen LogP contribution in [0.15, 0.2) is 36.4 Å². The molecular formula is C25H28F3NO3. The van der Waals surface area contributed by atoms with Crippen molar-refractivity contribution in [2.75, 3.05) is 18.9 Å². The first-order valence-electron chi connectivity index (χ1n) is 11.2. The lowest BCUT2D eigenvalue weighted by Crippen LogP contribution is -2.37. The third-order valence-electron chi connectivity index (χ3n) is 6.49. The van der Waals surface area contributed by atoms with Gasteiger partial charge in [-0.05, 0) is 55.7 Å². The first kappa shape index (κ1) is 22.5. The van der Waals surface area contributed by atoms with E-state index in [0.29, 0.717) is 36.8 Å². The lowest BCUT2D eigenvalue weighted by Gasteiger charge is -2.32. The summed E-state index contributed by atoms with van der Waals surface area (Å²) < 4.78 is 54.7. The van der Waals surface area contributed by atoms with Gasteiger partial charge in [-0.1, -0.05) is 43.2 Å². The fourth-order valence-corrected chi connectivity index (χ4v) is 4.66. The second-order valence-electron chi connectivity index (χ2n) is 8.72. The van der Waals surface area contributed by atoms with Crippen molar-refractivity contribution in [1.29, 1.82) is 0 Å². The van der Waals surface area contributed by atoms with Crippen molar-refractivity contribution in [3.8, 4) is 16.9 Å². The molecule has 0 saturated heterocycles. The van der Waals surface area contributed by atoms with Crippen molar-refractivity contribution in [2.24, 2.45) is 5.92 Å². The molecule has 0 aromatic heterocycles. The van der Waals surface area contributed by atoms with Crippen LogP contribution >= 0.6 is 0 Å². The van der Waals surface area contributed by atoms with Gasteiger partial charge in [0.1, 0.15) is 5.56 Å². The lowest BCUT2D eigenvalue weighted by molar-refractivity contribution is -0.151. The molecule has 2 aliphatic rings. The highest BCUT2D eigenvalue weighted by Gasteiger charge is 2.51. The molecule has 0 spiro atoms. The maximum absolute atomic E-state index is 14.5. The van der Waals surface area contributed by atoms with E-state index in [9.17, 15) is 18.0 Å². The molecule has 2 aliphatic carbocycles. The fourth-order valence-electron chi connectivity index (χ4n) is 4.66. The number of esters is 1. The lowest BCUT2D eigenvalue weighted by atomic mass is 9.74. The molecule has 7 heteroatoms. The van der Waals surface area contributed by atoms with Gasteiger partial charge in [0.25, 0.3) is 0 Å². The largest absolute Gasteiger partial charge is 0.490 e. The summed E-state index contributed by atoms with van der Waals surface area (Å²) in [6.07, 6.45) is -0.971. The molecule has 0 heterocycles. The number of hydrogen-bond acceptors (Lipinski definition) is 4. The number of carbonyl (C=O) groups is 1. The van der Waals surface area contributed by atoms with Crippen molar-refractivity contribution >= 4 is 11.7 Å². The van der Waals surface area contributed by atoms with E-state index in [1.165, 1.54) is 6.07 Å². The third kappa shape index (κ3) is 4.17. The van der Waals surface area contributed by atoms with Crippen LogP contribution in [0, 0.1) is 5.92 Å². The Hall–Kier alpha value is -2.70. The van der Waals surface area contributed by atoms with E-state index in [2.05, 4.69) is 0 Å². The standard InChI is InChI=1S/C25H28F3NO3/c1-2-31-23(30)24(12-6-7-13-24)19-14-18(17-8-4-3-5-9-17)21(29)22(20(19)25(26,27)28)32-15-16-10-11-16/h3-5,8-9,14,16H,2,6-7,10-13,15,29H2,1H3. The molecule has 2 saturated carbocycles. The van der Waals surface area contributed by atoms with Gasteiger partial charge in [-0.2, -0.15) is 13.2 Å². The Morgan fingerprint density at radius 1 is 1.16 bits per heavy atom. The van der Waals surface area contributed by atoms with E-state index in [1.807, 2.05) is 6.07 Å². The van der Waals surface area contributed by atoms with Crippen molar-refractivity contribution in [3.05, 3.63) is 47.5 Å². The molecule has 172 valence electrons. The molecule has 2 N–H and O–H groups in total. The van der Waals surface area contributed by atoms with Gasteiger partial charge in [-0.25, -0.2) is 0 Å². The van der Waals surface area contributed by atoms with Gasteiger partial charge in [0.2, 0.25) is 0 Å². The van der Waals surface area contributed by atoms with Crippen LogP contribution in [-0.4, -0.2) is 19.2 Å². The van der Waals surface area contributed by atoms with Crippen LogP contribution in [-0.2, 0) is 21.1 Å². The van der Waals surface area contributed by atoms with E-state index < -0.39 is 23.1 Å². The summed E-state index contributed by atoms with van der Waals surface area (Å²) >= 11 is 0. The van der Waals surface area contributed by atoms with Crippen LogP contribution in [0.1, 0.15) is 56.6 Å². The van der Waals surface area contributed by atoms with Crippen LogP contribution in [0.4, 0.5) is 18.9 Å². The monoisotopic (exact) mass is 447 g/mol. The molecule has 2 aromatic rings. The number of nitrogen functional groups attached to an aromatic ring is 1. The highest BCUT2D eigenvalue weighted by Crippen LogP contribution is 2.53. The first-order valence-corrected chi connectivity index (χ1v) is 11.2. The van der Waals surface area contributed by atoms with Crippen LogP contribution in [0.2, 0.25) is 0 Å². The van der Waals surface area contributed by atoms with Crippen molar-refractivity contribution < 1.29 is 27.4 Å².